The quantitative estimate of drug-likeness (QED) is 0.841. The summed E-state index contributed by atoms with van der Waals surface area (Å²) in [6.07, 6.45) is 4.20. The molecule has 0 saturated heterocycles. The Balaban J connectivity index is 1.74. The highest BCUT2D eigenvalue weighted by atomic mass is 35.5. The molecule has 0 radical (unpaired) electrons. The third-order valence-corrected chi connectivity index (χ3v) is 3.98. The van der Waals surface area contributed by atoms with E-state index in [1.165, 1.54) is 12.8 Å². The standard InChI is InChI=1S/C16H20ClN3O/c1-2-18-16-8-7-14(17)15(19-16)11-20(12-5-6-12)10-13-4-3-9-21-13/h3-4,7-9,12H,2,5-6,10-11H2,1H3,(H,18,19). The Labute approximate surface area is 130 Å². The van der Waals surface area contributed by atoms with Gasteiger partial charge in [-0.25, -0.2) is 4.98 Å². The molecule has 0 aromatic carbocycles. The number of anilines is 1. The van der Waals surface area contributed by atoms with Gasteiger partial charge in [0.25, 0.3) is 0 Å². The molecule has 1 N–H and O–H groups in total. The molecule has 1 saturated carbocycles. The molecular weight excluding hydrogens is 286 g/mol. The molecule has 2 aromatic rings. The van der Waals surface area contributed by atoms with Crippen LogP contribution in [0.4, 0.5) is 5.82 Å². The Morgan fingerprint density at radius 1 is 1.33 bits per heavy atom. The fraction of sp³-hybridized carbons (Fsp3) is 0.438. The molecule has 1 aliphatic rings. The van der Waals surface area contributed by atoms with Crippen molar-refractivity contribution >= 4 is 17.4 Å². The molecule has 0 atom stereocenters. The van der Waals surface area contributed by atoms with Gasteiger partial charge in [-0.05, 0) is 44.0 Å². The van der Waals surface area contributed by atoms with Gasteiger partial charge in [-0.2, -0.15) is 0 Å². The van der Waals surface area contributed by atoms with E-state index in [1.807, 2.05) is 24.3 Å². The Hall–Kier alpha value is -1.52. The van der Waals surface area contributed by atoms with Crippen molar-refractivity contribution in [3.63, 3.8) is 0 Å². The molecule has 2 aromatic heterocycles. The molecule has 0 unspecified atom stereocenters. The monoisotopic (exact) mass is 305 g/mol. The predicted octanol–water partition coefficient (Wildman–Crippen LogP) is 3.92. The first-order chi connectivity index (χ1) is 10.3. The zero-order chi connectivity index (χ0) is 14.7. The van der Waals surface area contributed by atoms with Gasteiger partial charge < -0.3 is 9.73 Å². The van der Waals surface area contributed by atoms with E-state index in [0.717, 1.165) is 41.9 Å². The summed E-state index contributed by atoms with van der Waals surface area (Å²) in [5.41, 5.74) is 0.925. The third-order valence-electron chi connectivity index (χ3n) is 3.63. The first-order valence-electron chi connectivity index (χ1n) is 7.42. The predicted molar refractivity (Wildman–Crippen MR) is 84.4 cm³/mol. The maximum atomic E-state index is 6.31. The molecule has 21 heavy (non-hydrogen) atoms. The molecule has 0 aliphatic heterocycles. The van der Waals surface area contributed by atoms with Crippen molar-refractivity contribution in [2.45, 2.75) is 38.9 Å². The summed E-state index contributed by atoms with van der Waals surface area (Å²) in [6, 6.07) is 8.40. The lowest BCUT2D eigenvalue weighted by Crippen LogP contribution is -2.25. The highest BCUT2D eigenvalue weighted by molar-refractivity contribution is 6.31. The molecule has 4 nitrogen and oxygen atoms in total. The van der Waals surface area contributed by atoms with Gasteiger partial charge in [-0.15, -0.1) is 0 Å². The van der Waals surface area contributed by atoms with E-state index in [2.05, 4.69) is 22.1 Å². The molecule has 1 aliphatic carbocycles. The minimum Gasteiger partial charge on any atom is -0.468 e. The van der Waals surface area contributed by atoms with E-state index in [4.69, 9.17) is 16.0 Å². The minimum absolute atomic E-state index is 0.621. The maximum Gasteiger partial charge on any atom is 0.126 e. The molecule has 0 bridgehead atoms. The first-order valence-corrected chi connectivity index (χ1v) is 7.79. The highest BCUT2D eigenvalue weighted by Gasteiger charge is 2.30. The smallest absolute Gasteiger partial charge is 0.126 e. The molecule has 3 rings (SSSR count). The molecular formula is C16H20ClN3O. The van der Waals surface area contributed by atoms with Gasteiger partial charge in [-0.3, -0.25) is 4.90 Å². The summed E-state index contributed by atoms with van der Waals surface area (Å²) in [5.74, 6) is 1.87. The van der Waals surface area contributed by atoms with Crippen LogP contribution in [0.3, 0.4) is 0 Å². The van der Waals surface area contributed by atoms with Crippen LogP contribution in [0, 0.1) is 0 Å². The van der Waals surface area contributed by atoms with E-state index in [9.17, 15) is 0 Å². The average Bonchev–Trinajstić information content (AvgIpc) is 3.20. The summed E-state index contributed by atoms with van der Waals surface area (Å²) >= 11 is 6.31. The summed E-state index contributed by atoms with van der Waals surface area (Å²) in [4.78, 5) is 7.02. The van der Waals surface area contributed by atoms with Crippen molar-refractivity contribution in [3.8, 4) is 0 Å². The van der Waals surface area contributed by atoms with E-state index in [1.54, 1.807) is 6.26 Å². The molecule has 1 fully saturated rings. The topological polar surface area (TPSA) is 41.3 Å². The summed E-state index contributed by atoms with van der Waals surface area (Å²) in [5, 5.41) is 3.96. The maximum absolute atomic E-state index is 6.31. The fourth-order valence-electron chi connectivity index (χ4n) is 2.42. The van der Waals surface area contributed by atoms with Gasteiger partial charge in [-0.1, -0.05) is 11.6 Å². The van der Waals surface area contributed by atoms with E-state index >= 15 is 0 Å². The largest absolute Gasteiger partial charge is 0.468 e. The second kappa shape index (κ2) is 6.50. The summed E-state index contributed by atoms with van der Waals surface area (Å²) in [6.45, 7) is 4.47. The normalized spacial score (nSPS) is 14.6. The molecule has 112 valence electrons. The van der Waals surface area contributed by atoms with Crippen LogP contribution in [0.1, 0.15) is 31.2 Å². The molecule has 0 amide bonds. The van der Waals surface area contributed by atoms with Gasteiger partial charge in [0.05, 0.1) is 23.5 Å². The molecule has 5 heteroatoms. The van der Waals surface area contributed by atoms with Crippen LogP contribution in [-0.2, 0) is 13.1 Å². The van der Waals surface area contributed by atoms with E-state index in [0.29, 0.717) is 6.04 Å². The van der Waals surface area contributed by atoms with Crippen molar-refractivity contribution in [1.82, 2.24) is 9.88 Å². The number of nitrogens with one attached hydrogen (secondary N) is 1. The van der Waals surface area contributed by atoms with Crippen LogP contribution < -0.4 is 5.32 Å². The SMILES string of the molecule is CCNc1ccc(Cl)c(CN(Cc2ccco2)C2CC2)n1. The highest BCUT2D eigenvalue weighted by Crippen LogP contribution is 2.31. The minimum atomic E-state index is 0.621. The Bertz CT molecular complexity index is 581. The van der Waals surface area contributed by atoms with Crippen molar-refractivity contribution in [1.29, 1.82) is 0 Å². The summed E-state index contributed by atoms with van der Waals surface area (Å²) < 4.78 is 5.46. The van der Waals surface area contributed by atoms with Crippen LogP contribution in [-0.4, -0.2) is 22.5 Å². The van der Waals surface area contributed by atoms with Gasteiger partial charge >= 0.3 is 0 Å². The van der Waals surface area contributed by atoms with Gasteiger partial charge in [0.1, 0.15) is 11.6 Å². The van der Waals surface area contributed by atoms with Gasteiger partial charge in [0.15, 0.2) is 0 Å². The average molecular weight is 306 g/mol. The number of halogens is 1. The van der Waals surface area contributed by atoms with Crippen LogP contribution in [0.25, 0.3) is 0 Å². The lowest BCUT2D eigenvalue weighted by atomic mass is 10.3. The number of pyridine rings is 1. The van der Waals surface area contributed by atoms with Gasteiger partial charge in [0, 0.05) is 19.1 Å². The molecule has 2 heterocycles. The van der Waals surface area contributed by atoms with E-state index in [-0.39, 0.29) is 0 Å². The second-order valence-corrected chi connectivity index (χ2v) is 5.78. The number of aromatic nitrogens is 1. The molecule has 0 spiro atoms. The first kappa shape index (κ1) is 14.4. The van der Waals surface area contributed by atoms with Crippen molar-refractivity contribution in [2.24, 2.45) is 0 Å². The van der Waals surface area contributed by atoms with Crippen molar-refractivity contribution in [3.05, 3.63) is 47.0 Å². The second-order valence-electron chi connectivity index (χ2n) is 5.37. The number of nitrogens with zero attached hydrogens (tertiary/aromatic N) is 2. The van der Waals surface area contributed by atoms with Crippen LogP contribution in [0.2, 0.25) is 5.02 Å². The van der Waals surface area contributed by atoms with Crippen molar-refractivity contribution < 1.29 is 4.42 Å². The third kappa shape index (κ3) is 3.77. The Morgan fingerprint density at radius 2 is 2.19 bits per heavy atom. The zero-order valence-corrected chi connectivity index (χ0v) is 12.9. The van der Waals surface area contributed by atoms with Gasteiger partial charge in [0.2, 0.25) is 0 Å². The number of rotatable bonds is 7. The van der Waals surface area contributed by atoms with E-state index < -0.39 is 0 Å². The van der Waals surface area contributed by atoms with Crippen LogP contribution in [0.5, 0.6) is 0 Å². The van der Waals surface area contributed by atoms with Crippen LogP contribution >= 0.6 is 11.6 Å². The Morgan fingerprint density at radius 3 is 2.86 bits per heavy atom. The Kier molecular flexibility index (Phi) is 4.46. The fourth-order valence-corrected chi connectivity index (χ4v) is 2.59. The number of hydrogen-bond acceptors (Lipinski definition) is 4. The number of furan rings is 1. The van der Waals surface area contributed by atoms with Crippen molar-refractivity contribution in [2.75, 3.05) is 11.9 Å². The lowest BCUT2D eigenvalue weighted by molar-refractivity contribution is 0.223. The van der Waals surface area contributed by atoms with Crippen LogP contribution in [0.15, 0.2) is 34.9 Å². The lowest BCUT2D eigenvalue weighted by Gasteiger charge is -2.21. The zero-order valence-electron chi connectivity index (χ0n) is 12.2. The summed E-state index contributed by atoms with van der Waals surface area (Å²) in [7, 11) is 0. The number of hydrogen-bond donors (Lipinski definition) is 1.